The van der Waals surface area contributed by atoms with Crippen LogP contribution < -0.4 is 5.32 Å². The molecule has 0 saturated carbocycles. The fraction of sp³-hybridized carbons (Fsp3) is 0.562. The van der Waals surface area contributed by atoms with Gasteiger partial charge in [0.05, 0.1) is 11.2 Å². The van der Waals surface area contributed by atoms with E-state index in [2.05, 4.69) is 36.2 Å². The number of anilines is 1. The number of carbonyl (C=O) groups excluding carboxylic acids is 1. The van der Waals surface area contributed by atoms with Gasteiger partial charge in [0.25, 0.3) is 5.91 Å². The number of nitrogens with zero attached hydrogens (tertiary/aromatic N) is 3. The van der Waals surface area contributed by atoms with E-state index in [1.807, 2.05) is 10.7 Å². The quantitative estimate of drug-likeness (QED) is 0.942. The highest BCUT2D eigenvalue weighted by Crippen LogP contribution is 2.25. The molecule has 0 unspecified atom stereocenters. The fourth-order valence-corrected chi connectivity index (χ4v) is 3.72. The minimum Gasteiger partial charge on any atom is -0.304 e. The van der Waals surface area contributed by atoms with Crippen molar-refractivity contribution in [1.82, 2.24) is 14.8 Å². The van der Waals surface area contributed by atoms with Crippen LogP contribution in [0.15, 0.2) is 12.3 Å². The van der Waals surface area contributed by atoms with E-state index < -0.39 is 0 Å². The summed E-state index contributed by atoms with van der Waals surface area (Å²) in [4.78, 5) is 17.3. The molecule has 1 amide bonds. The second-order valence-corrected chi connectivity index (χ2v) is 8.13. The van der Waals surface area contributed by atoms with Gasteiger partial charge in [-0.15, -0.1) is 11.3 Å². The van der Waals surface area contributed by atoms with E-state index in [0.717, 1.165) is 30.8 Å². The Morgan fingerprint density at radius 2 is 2.23 bits per heavy atom. The third kappa shape index (κ3) is 3.55. The van der Waals surface area contributed by atoms with Crippen molar-refractivity contribution in [3.63, 3.8) is 0 Å². The number of carbonyl (C=O) groups is 1. The largest absolute Gasteiger partial charge is 0.304 e. The third-order valence-electron chi connectivity index (χ3n) is 3.62. The van der Waals surface area contributed by atoms with E-state index in [-0.39, 0.29) is 11.3 Å². The highest BCUT2D eigenvalue weighted by molar-refractivity contribution is 7.13. The maximum atomic E-state index is 12.3. The molecule has 0 atom stereocenters. The summed E-state index contributed by atoms with van der Waals surface area (Å²) in [5.41, 5.74) is 1.38. The molecule has 22 heavy (non-hydrogen) atoms. The Morgan fingerprint density at radius 3 is 2.95 bits per heavy atom. The van der Waals surface area contributed by atoms with Crippen molar-refractivity contribution >= 4 is 23.1 Å². The zero-order valence-electron chi connectivity index (χ0n) is 13.3. The van der Waals surface area contributed by atoms with E-state index in [9.17, 15) is 4.79 Å². The molecule has 3 heterocycles. The van der Waals surface area contributed by atoms with Crippen molar-refractivity contribution < 1.29 is 4.79 Å². The van der Waals surface area contributed by atoms with Gasteiger partial charge in [0.1, 0.15) is 4.88 Å². The minimum absolute atomic E-state index is 0.117. The first-order valence-corrected chi connectivity index (χ1v) is 8.55. The second kappa shape index (κ2) is 5.83. The van der Waals surface area contributed by atoms with Crippen molar-refractivity contribution in [2.24, 2.45) is 5.41 Å². The molecule has 3 rings (SSSR count). The summed E-state index contributed by atoms with van der Waals surface area (Å²) in [6.45, 7) is 7.46. The first-order chi connectivity index (χ1) is 10.4. The Morgan fingerprint density at radius 1 is 1.41 bits per heavy atom. The summed E-state index contributed by atoms with van der Waals surface area (Å²) in [6, 6.07) is 1.98. The van der Waals surface area contributed by atoms with Crippen molar-refractivity contribution in [2.75, 3.05) is 5.32 Å². The maximum absolute atomic E-state index is 12.3. The molecule has 0 bridgehead atoms. The standard InChI is InChI=1S/C16H22N4OS/c1-16(2,3)9-14-17-10-12(22-14)15(21)18-13-8-11-6-4-5-7-20(11)19-13/h8,10H,4-7,9H2,1-3H3,(H,18,19,21). The highest BCUT2D eigenvalue weighted by atomic mass is 32.1. The molecule has 2 aromatic heterocycles. The number of rotatable bonds is 3. The molecule has 1 N–H and O–H groups in total. The van der Waals surface area contributed by atoms with Crippen LogP contribution >= 0.6 is 11.3 Å². The Kier molecular flexibility index (Phi) is 4.04. The predicted molar refractivity (Wildman–Crippen MR) is 88.4 cm³/mol. The van der Waals surface area contributed by atoms with E-state index in [1.54, 1.807) is 6.20 Å². The second-order valence-electron chi connectivity index (χ2n) is 7.01. The number of fused-ring (bicyclic) bond motifs is 1. The van der Waals surface area contributed by atoms with Gasteiger partial charge in [-0.1, -0.05) is 20.8 Å². The fourth-order valence-electron chi connectivity index (χ4n) is 2.61. The lowest BCUT2D eigenvalue weighted by atomic mass is 9.93. The molecule has 118 valence electrons. The molecule has 0 aliphatic carbocycles. The van der Waals surface area contributed by atoms with Crippen LogP contribution in [0, 0.1) is 5.41 Å². The topological polar surface area (TPSA) is 59.8 Å². The zero-order valence-corrected chi connectivity index (χ0v) is 14.2. The number of thiazole rings is 1. The molecule has 6 heteroatoms. The van der Waals surface area contributed by atoms with Gasteiger partial charge >= 0.3 is 0 Å². The van der Waals surface area contributed by atoms with Crippen LogP contribution in [-0.4, -0.2) is 20.7 Å². The van der Waals surface area contributed by atoms with Crippen molar-refractivity contribution in [1.29, 1.82) is 0 Å². The van der Waals surface area contributed by atoms with Crippen molar-refractivity contribution in [3.05, 3.63) is 27.8 Å². The van der Waals surface area contributed by atoms with Crippen LogP contribution in [0.5, 0.6) is 0 Å². The average Bonchev–Trinajstić information content (AvgIpc) is 3.02. The molecule has 0 fully saturated rings. The molecule has 1 aliphatic heterocycles. The molecular formula is C16H22N4OS. The van der Waals surface area contributed by atoms with Crippen LogP contribution in [0.1, 0.15) is 54.0 Å². The lowest BCUT2D eigenvalue weighted by Crippen LogP contribution is -2.12. The van der Waals surface area contributed by atoms with Gasteiger partial charge in [-0.05, 0) is 24.7 Å². The first-order valence-electron chi connectivity index (χ1n) is 7.73. The van der Waals surface area contributed by atoms with E-state index in [4.69, 9.17) is 0 Å². The van der Waals surface area contributed by atoms with Crippen LogP contribution in [0.25, 0.3) is 0 Å². The summed E-state index contributed by atoms with van der Waals surface area (Å²) in [6.07, 6.45) is 5.94. The molecule has 0 radical (unpaired) electrons. The number of hydrogen-bond donors (Lipinski definition) is 1. The Bertz CT molecular complexity index is 657. The SMILES string of the molecule is CC(C)(C)Cc1ncc(C(=O)Nc2cc3n(n2)CCCC3)s1. The van der Waals surface area contributed by atoms with Gasteiger partial charge in [-0.2, -0.15) is 5.10 Å². The first kappa shape index (κ1) is 15.2. The average molecular weight is 318 g/mol. The van der Waals surface area contributed by atoms with E-state index >= 15 is 0 Å². The molecule has 1 aliphatic rings. The van der Waals surface area contributed by atoms with Gasteiger partial charge in [0.15, 0.2) is 5.82 Å². The molecule has 2 aromatic rings. The summed E-state index contributed by atoms with van der Waals surface area (Å²) in [7, 11) is 0. The Hall–Kier alpha value is -1.69. The molecular weight excluding hydrogens is 296 g/mol. The molecule has 0 aromatic carbocycles. The maximum Gasteiger partial charge on any atom is 0.268 e. The van der Waals surface area contributed by atoms with Crippen LogP contribution in [0.3, 0.4) is 0 Å². The van der Waals surface area contributed by atoms with Gasteiger partial charge in [-0.3, -0.25) is 9.48 Å². The number of nitrogens with one attached hydrogen (secondary N) is 1. The van der Waals surface area contributed by atoms with Gasteiger partial charge in [0, 0.05) is 24.7 Å². The number of aryl methyl sites for hydroxylation is 2. The van der Waals surface area contributed by atoms with Crippen molar-refractivity contribution in [2.45, 2.75) is 53.0 Å². The lowest BCUT2D eigenvalue weighted by molar-refractivity contribution is 0.103. The Balaban J connectivity index is 1.68. The van der Waals surface area contributed by atoms with Crippen LogP contribution in [0.4, 0.5) is 5.82 Å². The molecule has 0 spiro atoms. The van der Waals surface area contributed by atoms with Crippen LogP contribution in [-0.2, 0) is 19.4 Å². The highest BCUT2D eigenvalue weighted by Gasteiger charge is 2.18. The van der Waals surface area contributed by atoms with E-state index in [0.29, 0.717) is 10.7 Å². The minimum atomic E-state index is -0.117. The Labute approximate surface area is 134 Å². The molecule has 5 nitrogen and oxygen atoms in total. The lowest BCUT2D eigenvalue weighted by Gasteiger charge is -2.15. The van der Waals surface area contributed by atoms with Gasteiger partial charge < -0.3 is 5.32 Å². The number of amides is 1. The third-order valence-corrected chi connectivity index (χ3v) is 4.61. The molecule has 0 saturated heterocycles. The van der Waals surface area contributed by atoms with Gasteiger partial charge in [-0.25, -0.2) is 4.98 Å². The summed E-state index contributed by atoms with van der Waals surface area (Å²) in [5.74, 6) is 0.528. The van der Waals surface area contributed by atoms with Crippen LogP contribution in [0.2, 0.25) is 0 Å². The monoisotopic (exact) mass is 318 g/mol. The number of hydrogen-bond acceptors (Lipinski definition) is 4. The van der Waals surface area contributed by atoms with Gasteiger partial charge in [0.2, 0.25) is 0 Å². The summed E-state index contributed by atoms with van der Waals surface area (Å²) < 4.78 is 2.00. The normalized spacial score (nSPS) is 14.7. The smallest absolute Gasteiger partial charge is 0.268 e. The summed E-state index contributed by atoms with van der Waals surface area (Å²) >= 11 is 1.46. The zero-order chi connectivity index (χ0) is 15.7. The van der Waals surface area contributed by atoms with Crippen molar-refractivity contribution in [3.8, 4) is 0 Å². The predicted octanol–water partition coefficient (Wildman–Crippen LogP) is 3.52. The van der Waals surface area contributed by atoms with E-state index in [1.165, 1.54) is 23.5 Å². The summed E-state index contributed by atoms with van der Waals surface area (Å²) in [5, 5.41) is 8.34. The number of aromatic nitrogens is 3.